The molecule has 14 heavy (non-hydrogen) atoms. The number of benzene rings is 1. The number of carbonyl (C=O) groups is 1. The molecule has 0 bridgehead atoms. The Balaban J connectivity index is 2.90. The average molecular weight is 215 g/mol. The van der Waals surface area contributed by atoms with Gasteiger partial charge in [0.2, 0.25) is 5.91 Å². The van der Waals surface area contributed by atoms with Crippen LogP contribution in [0.15, 0.2) is 24.3 Å². The van der Waals surface area contributed by atoms with Crippen molar-refractivity contribution >= 4 is 16.0 Å². The number of amides is 1. The van der Waals surface area contributed by atoms with Crippen LogP contribution in [0.5, 0.6) is 5.75 Å². The highest BCUT2D eigenvalue weighted by Crippen LogP contribution is 2.13. The predicted octanol–water partition coefficient (Wildman–Crippen LogP) is 0.124. The first-order valence-corrected chi connectivity index (χ1v) is 5.49. The number of carbonyl (C=O) groups excluding carboxylic acids is 1. The van der Waals surface area contributed by atoms with Gasteiger partial charge >= 0.3 is 10.1 Å². The van der Waals surface area contributed by atoms with E-state index in [1.165, 1.54) is 24.3 Å². The summed E-state index contributed by atoms with van der Waals surface area (Å²) in [6, 6.07) is 5.51. The second kappa shape index (κ2) is 3.67. The Labute approximate surface area is 81.6 Å². The lowest BCUT2D eigenvalue weighted by molar-refractivity contribution is 0.100. The number of rotatable bonds is 3. The van der Waals surface area contributed by atoms with Crippen LogP contribution in [0.2, 0.25) is 0 Å². The Morgan fingerprint density at radius 2 is 1.79 bits per heavy atom. The third-order valence-electron chi connectivity index (χ3n) is 1.39. The summed E-state index contributed by atoms with van der Waals surface area (Å²) in [5.41, 5.74) is 5.29. The number of hydrogen-bond acceptors (Lipinski definition) is 4. The summed E-state index contributed by atoms with van der Waals surface area (Å²) in [5.74, 6) is -0.423. The van der Waals surface area contributed by atoms with Crippen LogP contribution >= 0.6 is 0 Å². The van der Waals surface area contributed by atoms with Gasteiger partial charge in [-0.15, -0.1) is 0 Å². The molecule has 0 fully saturated rings. The van der Waals surface area contributed by atoms with Crippen molar-refractivity contribution in [2.45, 2.75) is 0 Å². The minimum absolute atomic E-state index is 0.150. The van der Waals surface area contributed by atoms with Gasteiger partial charge in [0.1, 0.15) is 5.75 Å². The van der Waals surface area contributed by atoms with Gasteiger partial charge < -0.3 is 9.92 Å². The van der Waals surface area contributed by atoms with Crippen molar-refractivity contribution in [1.29, 1.82) is 0 Å². The maximum atomic E-state index is 10.7. The van der Waals surface area contributed by atoms with Gasteiger partial charge in [-0.05, 0) is 24.3 Å². The van der Waals surface area contributed by atoms with Gasteiger partial charge in [0.25, 0.3) is 0 Å². The van der Waals surface area contributed by atoms with Crippen molar-refractivity contribution < 1.29 is 17.4 Å². The second-order valence-corrected chi connectivity index (χ2v) is 4.25. The first-order valence-electron chi connectivity index (χ1n) is 3.68. The summed E-state index contributed by atoms with van der Waals surface area (Å²) in [5, 5.41) is 0. The molecular formula is C8H9NO4S. The van der Waals surface area contributed by atoms with E-state index in [0.717, 1.165) is 6.26 Å². The second-order valence-electron chi connectivity index (χ2n) is 2.68. The molecule has 6 heteroatoms. The smallest absolute Gasteiger partial charge is 0.306 e. The van der Waals surface area contributed by atoms with Crippen molar-refractivity contribution in [2.75, 3.05) is 6.26 Å². The molecule has 1 aromatic carbocycles. The zero-order valence-corrected chi connectivity index (χ0v) is 8.24. The lowest BCUT2D eigenvalue weighted by Gasteiger charge is -2.02. The van der Waals surface area contributed by atoms with Crippen molar-refractivity contribution in [3.63, 3.8) is 0 Å². The molecule has 0 saturated carbocycles. The minimum atomic E-state index is -3.53. The highest BCUT2D eigenvalue weighted by molar-refractivity contribution is 7.86. The highest BCUT2D eigenvalue weighted by atomic mass is 32.2. The third kappa shape index (κ3) is 3.06. The summed E-state index contributed by atoms with van der Waals surface area (Å²) in [7, 11) is -3.53. The Kier molecular flexibility index (Phi) is 2.76. The van der Waals surface area contributed by atoms with Crippen LogP contribution in [-0.2, 0) is 10.1 Å². The fourth-order valence-corrected chi connectivity index (χ4v) is 1.31. The maximum Gasteiger partial charge on any atom is 0.306 e. The molecule has 0 aliphatic rings. The van der Waals surface area contributed by atoms with Crippen molar-refractivity contribution in [3.05, 3.63) is 29.8 Å². The molecule has 0 aliphatic heterocycles. The Bertz CT molecular complexity index is 435. The van der Waals surface area contributed by atoms with Crippen molar-refractivity contribution in [2.24, 2.45) is 5.73 Å². The average Bonchev–Trinajstić information content (AvgIpc) is 2.02. The minimum Gasteiger partial charge on any atom is -0.383 e. The molecule has 2 N–H and O–H groups in total. The molecule has 0 aromatic heterocycles. The monoisotopic (exact) mass is 215 g/mol. The molecule has 1 rings (SSSR count). The molecule has 0 heterocycles. The van der Waals surface area contributed by atoms with Crippen LogP contribution in [0, 0.1) is 0 Å². The largest absolute Gasteiger partial charge is 0.383 e. The van der Waals surface area contributed by atoms with Crippen LogP contribution in [0.3, 0.4) is 0 Å². The van der Waals surface area contributed by atoms with Crippen molar-refractivity contribution in [1.82, 2.24) is 0 Å². The normalized spacial score (nSPS) is 10.9. The van der Waals surface area contributed by atoms with Crippen molar-refractivity contribution in [3.8, 4) is 5.75 Å². The molecule has 0 saturated heterocycles. The molecule has 1 aromatic rings. The molecule has 5 nitrogen and oxygen atoms in total. The first-order chi connectivity index (χ1) is 6.38. The van der Waals surface area contributed by atoms with Gasteiger partial charge in [0.05, 0.1) is 6.26 Å². The van der Waals surface area contributed by atoms with E-state index in [0.29, 0.717) is 5.56 Å². The number of primary amides is 1. The fourth-order valence-electron chi connectivity index (χ4n) is 0.850. The summed E-state index contributed by atoms with van der Waals surface area (Å²) in [6.45, 7) is 0. The first kappa shape index (κ1) is 10.5. The van der Waals surface area contributed by atoms with E-state index in [1.54, 1.807) is 0 Å². The zero-order chi connectivity index (χ0) is 10.8. The Morgan fingerprint density at radius 3 is 2.14 bits per heavy atom. The van der Waals surface area contributed by atoms with E-state index in [4.69, 9.17) is 5.73 Å². The molecular weight excluding hydrogens is 206 g/mol. The van der Waals surface area contributed by atoms with Gasteiger partial charge in [-0.2, -0.15) is 8.42 Å². The Morgan fingerprint density at radius 1 is 1.29 bits per heavy atom. The van der Waals surface area contributed by atoms with Crippen LogP contribution < -0.4 is 9.92 Å². The van der Waals surface area contributed by atoms with E-state index in [2.05, 4.69) is 4.18 Å². The number of nitrogens with two attached hydrogens (primary N) is 1. The maximum absolute atomic E-state index is 10.7. The van der Waals surface area contributed by atoms with Gasteiger partial charge in [-0.25, -0.2) is 0 Å². The topological polar surface area (TPSA) is 86.5 Å². The quantitative estimate of drug-likeness (QED) is 0.726. The highest BCUT2D eigenvalue weighted by Gasteiger charge is 2.05. The van der Waals surface area contributed by atoms with E-state index in [9.17, 15) is 13.2 Å². The molecule has 0 atom stereocenters. The number of hydrogen-bond donors (Lipinski definition) is 1. The summed E-state index contributed by atoms with van der Waals surface area (Å²) in [4.78, 5) is 10.7. The summed E-state index contributed by atoms with van der Waals surface area (Å²) < 4.78 is 26.0. The molecule has 1 amide bonds. The molecule has 0 spiro atoms. The van der Waals surface area contributed by atoms with Crippen LogP contribution in [0.4, 0.5) is 0 Å². The lowest BCUT2D eigenvalue weighted by atomic mass is 10.2. The molecule has 0 unspecified atom stereocenters. The van der Waals surface area contributed by atoms with E-state index < -0.39 is 16.0 Å². The van der Waals surface area contributed by atoms with Gasteiger partial charge in [-0.3, -0.25) is 4.79 Å². The SMILES string of the molecule is CS(=O)(=O)Oc1ccc(C(N)=O)cc1. The fraction of sp³-hybridized carbons (Fsp3) is 0.125. The summed E-state index contributed by atoms with van der Waals surface area (Å²) in [6.07, 6.45) is 0.939. The molecule has 76 valence electrons. The van der Waals surface area contributed by atoms with E-state index in [1.807, 2.05) is 0 Å². The van der Waals surface area contributed by atoms with Crippen LogP contribution in [0.25, 0.3) is 0 Å². The van der Waals surface area contributed by atoms with Gasteiger partial charge in [0.15, 0.2) is 0 Å². The molecule has 0 radical (unpaired) electrons. The lowest BCUT2D eigenvalue weighted by Crippen LogP contribution is -2.11. The van der Waals surface area contributed by atoms with E-state index >= 15 is 0 Å². The van der Waals surface area contributed by atoms with Gasteiger partial charge in [0, 0.05) is 5.56 Å². The standard InChI is InChI=1S/C8H9NO4S/c1-14(11,12)13-7-4-2-6(3-5-7)8(9)10/h2-5H,1H3,(H2,9,10). The summed E-state index contributed by atoms with van der Waals surface area (Å²) >= 11 is 0. The van der Waals surface area contributed by atoms with Crippen LogP contribution in [0.1, 0.15) is 10.4 Å². The van der Waals surface area contributed by atoms with Gasteiger partial charge in [-0.1, -0.05) is 0 Å². The molecule has 0 aliphatic carbocycles. The van der Waals surface area contributed by atoms with E-state index in [-0.39, 0.29) is 5.75 Å². The zero-order valence-electron chi connectivity index (χ0n) is 7.43. The van der Waals surface area contributed by atoms with Crippen LogP contribution in [-0.4, -0.2) is 20.6 Å². The third-order valence-corrected chi connectivity index (χ3v) is 1.88. The Hall–Kier alpha value is -1.56. The predicted molar refractivity (Wildman–Crippen MR) is 50.4 cm³/mol.